The van der Waals surface area contributed by atoms with E-state index in [1.54, 1.807) is 0 Å². The quantitative estimate of drug-likeness (QED) is 0.690. The smallest absolute Gasteiger partial charge is 0.136 e. The molecule has 0 bridgehead atoms. The van der Waals surface area contributed by atoms with Crippen molar-refractivity contribution in [3.63, 3.8) is 0 Å². The maximum Gasteiger partial charge on any atom is 0.136 e. The summed E-state index contributed by atoms with van der Waals surface area (Å²) in [5.74, 6) is 0.849. The van der Waals surface area contributed by atoms with Gasteiger partial charge in [0.05, 0.1) is 18.0 Å². The zero-order valence-corrected chi connectivity index (χ0v) is 14.8. The molecule has 0 spiro atoms. The van der Waals surface area contributed by atoms with E-state index >= 15 is 0 Å². The molecule has 1 fully saturated rings. The first-order valence-electron chi connectivity index (χ1n) is 8.93. The summed E-state index contributed by atoms with van der Waals surface area (Å²) in [6.07, 6.45) is 2.49. The van der Waals surface area contributed by atoms with E-state index in [0.717, 1.165) is 47.1 Å². The predicted octanol–water partition coefficient (Wildman–Crippen LogP) is 4.80. The number of hydrogen-bond donors (Lipinski definition) is 0. The Balaban J connectivity index is 1.83. The van der Waals surface area contributed by atoms with Crippen LogP contribution in [0.15, 0.2) is 57.9 Å². The highest BCUT2D eigenvalue weighted by Gasteiger charge is 2.14. The molecular weight excluding hydrogens is 310 g/mol. The number of rotatable bonds is 3. The normalized spacial score (nSPS) is 18.2. The van der Waals surface area contributed by atoms with Crippen molar-refractivity contribution >= 4 is 11.0 Å². The fourth-order valence-electron chi connectivity index (χ4n) is 3.26. The van der Waals surface area contributed by atoms with Gasteiger partial charge in [0.1, 0.15) is 11.3 Å². The summed E-state index contributed by atoms with van der Waals surface area (Å²) >= 11 is 0. The van der Waals surface area contributed by atoms with Crippen molar-refractivity contribution in [1.29, 1.82) is 0 Å². The summed E-state index contributed by atoms with van der Waals surface area (Å²) in [6, 6.07) is 16.7. The molecule has 3 aromatic rings. The summed E-state index contributed by atoms with van der Waals surface area (Å²) in [7, 11) is 0. The molecule has 1 aliphatic rings. The van der Waals surface area contributed by atoms with Gasteiger partial charge in [-0.3, -0.25) is 4.99 Å². The van der Waals surface area contributed by atoms with Gasteiger partial charge in [0, 0.05) is 23.6 Å². The van der Waals surface area contributed by atoms with Crippen LogP contribution in [0, 0.1) is 13.8 Å². The number of aryl methyl sites for hydroxylation is 2. The summed E-state index contributed by atoms with van der Waals surface area (Å²) < 4.78 is 11.9. The van der Waals surface area contributed by atoms with Crippen LogP contribution < -0.4 is 5.36 Å². The average molecular weight is 333 g/mol. The molecule has 0 amide bonds. The van der Waals surface area contributed by atoms with Gasteiger partial charge in [-0.15, -0.1) is 0 Å². The summed E-state index contributed by atoms with van der Waals surface area (Å²) in [4.78, 5) is 4.88. The zero-order valence-electron chi connectivity index (χ0n) is 14.8. The molecule has 1 atom stereocenters. The molecule has 0 N–H and O–H groups in total. The summed E-state index contributed by atoms with van der Waals surface area (Å²) in [5.41, 5.74) is 4.39. The molecule has 1 saturated heterocycles. The Morgan fingerprint density at radius 1 is 1.00 bits per heavy atom. The maximum atomic E-state index is 6.16. The van der Waals surface area contributed by atoms with Crippen LogP contribution in [0.5, 0.6) is 0 Å². The van der Waals surface area contributed by atoms with Crippen molar-refractivity contribution in [1.82, 2.24) is 0 Å². The van der Waals surface area contributed by atoms with Crippen LogP contribution in [0.3, 0.4) is 0 Å². The number of ether oxygens (including phenoxy) is 1. The predicted molar refractivity (Wildman–Crippen MR) is 101 cm³/mol. The first kappa shape index (κ1) is 16.1. The Bertz CT molecular complexity index is 948. The minimum absolute atomic E-state index is 0.250. The van der Waals surface area contributed by atoms with Gasteiger partial charge in [-0.25, -0.2) is 0 Å². The van der Waals surface area contributed by atoms with Crippen LogP contribution in [-0.2, 0) is 4.74 Å². The second-order valence-electron chi connectivity index (χ2n) is 6.84. The van der Waals surface area contributed by atoms with Crippen molar-refractivity contribution in [2.45, 2.75) is 32.8 Å². The molecular formula is C22H23NO2. The average Bonchev–Trinajstić information content (AvgIpc) is 3.14. The molecule has 3 nitrogen and oxygen atoms in total. The SMILES string of the molecule is Cc1ccc(-c2cc(=NCC3CCCO3)c3cc(C)ccc3o2)cc1. The number of hydrogen-bond acceptors (Lipinski definition) is 3. The van der Waals surface area contributed by atoms with Crippen LogP contribution in [-0.4, -0.2) is 19.3 Å². The molecule has 128 valence electrons. The van der Waals surface area contributed by atoms with Crippen LogP contribution in [0.2, 0.25) is 0 Å². The first-order valence-corrected chi connectivity index (χ1v) is 8.93. The second-order valence-corrected chi connectivity index (χ2v) is 6.84. The lowest BCUT2D eigenvalue weighted by Crippen LogP contribution is -2.13. The van der Waals surface area contributed by atoms with E-state index in [1.807, 2.05) is 6.07 Å². The minimum Gasteiger partial charge on any atom is -0.456 e. The lowest BCUT2D eigenvalue weighted by molar-refractivity contribution is 0.117. The molecule has 25 heavy (non-hydrogen) atoms. The van der Waals surface area contributed by atoms with Crippen molar-refractivity contribution in [2.75, 3.05) is 13.2 Å². The van der Waals surface area contributed by atoms with Gasteiger partial charge in [0.2, 0.25) is 0 Å². The van der Waals surface area contributed by atoms with E-state index < -0.39 is 0 Å². The van der Waals surface area contributed by atoms with E-state index in [9.17, 15) is 0 Å². The van der Waals surface area contributed by atoms with Crippen molar-refractivity contribution in [2.24, 2.45) is 4.99 Å². The van der Waals surface area contributed by atoms with Crippen LogP contribution in [0.4, 0.5) is 0 Å². The summed E-state index contributed by atoms with van der Waals surface area (Å²) in [5, 5.41) is 2.05. The Morgan fingerprint density at radius 2 is 1.80 bits per heavy atom. The molecule has 2 aromatic carbocycles. The lowest BCUT2D eigenvalue weighted by atomic mass is 10.1. The van der Waals surface area contributed by atoms with Crippen LogP contribution in [0.1, 0.15) is 24.0 Å². The molecule has 1 unspecified atom stereocenters. The van der Waals surface area contributed by atoms with Crippen molar-refractivity contribution in [3.05, 3.63) is 65.0 Å². The van der Waals surface area contributed by atoms with E-state index in [2.05, 4.69) is 56.3 Å². The first-order chi connectivity index (χ1) is 12.2. The Labute approximate surface area is 148 Å². The summed E-state index contributed by atoms with van der Waals surface area (Å²) in [6.45, 7) is 5.75. The molecule has 0 aliphatic carbocycles. The number of fused-ring (bicyclic) bond motifs is 1. The maximum absolute atomic E-state index is 6.16. The third-order valence-electron chi connectivity index (χ3n) is 4.72. The van der Waals surface area contributed by atoms with E-state index in [1.165, 1.54) is 11.1 Å². The number of nitrogens with zero attached hydrogens (tertiary/aromatic N) is 1. The van der Waals surface area contributed by atoms with E-state index in [-0.39, 0.29) is 6.10 Å². The Hall–Kier alpha value is -2.39. The van der Waals surface area contributed by atoms with Gasteiger partial charge in [0.25, 0.3) is 0 Å². The highest BCUT2D eigenvalue weighted by atomic mass is 16.5. The van der Waals surface area contributed by atoms with Gasteiger partial charge in [-0.1, -0.05) is 41.5 Å². The van der Waals surface area contributed by atoms with E-state index in [0.29, 0.717) is 6.54 Å². The second kappa shape index (κ2) is 6.85. The lowest BCUT2D eigenvalue weighted by Gasteiger charge is -2.08. The van der Waals surface area contributed by atoms with Gasteiger partial charge >= 0.3 is 0 Å². The van der Waals surface area contributed by atoms with Crippen LogP contribution >= 0.6 is 0 Å². The fraction of sp³-hybridized carbons (Fsp3) is 0.318. The van der Waals surface area contributed by atoms with Crippen molar-refractivity contribution < 1.29 is 9.15 Å². The molecule has 3 heteroatoms. The van der Waals surface area contributed by atoms with Crippen molar-refractivity contribution in [3.8, 4) is 11.3 Å². The van der Waals surface area contributed by atoms with Gasteiger partial charge in [-0.2, -0.15) is 0 Å². The highest BCUT2D eigenvalue weighted by Crippen LogP contribution is 2.23. The van der Waals surface area contributed by atoms with Crippen LogP contribution in [0.25, 0.3) is 22.3 Å². The minimum atomic E-state index is 0.250. The standard InChI is InChI=1S/C22H23NO2/c1-15-5-8-17(9-6-15)22-13-20(23-14-18-4-3-11-24-18)19-12-16(2)7-10-21(19)25-22/h5-10,12-13,18H,3-4,11,14H2,1-2H3. The van der Waals surface area contributed by atoms with Gasteiger partial charge in [0.15, 0.2) is 0 Å². The Kier molecular flexibility index (Phi) is 4.41. The van der Waals surface area contributed by atoms with E-state index in [4.69, 9.17) is 14.1 Å². The zero-order chi connectivity index (χ0) is 17.2. The largest absolute Gasteiger partial charge is 0.456 e. The topological polar surface area (TPSA) is 34.7 Å². The molecule has 0 saturated carbocycles. The molecule has 2 heterocycles. The third-order valence-corrected chi connectivity index (χ3v) is 4.72. The van der Waals surface area contributed by atoms with Gasteiger partial charge < -0.3 is 9.15 Å². The fourth-order valence-corrected chi connectivity index (χ4v) is 3.26. The molecule has 1 aromatic heterocycles. The monoisotopic (exact) mass is 333 g/mol. The third kappa shape index (κ3) is 3.52. The molecule has 1 aliphatic heterocycles. The number of benzene rings is 2. The molecule has 4 rings (SSSR count). The highest BCUT2D eigenvalue weighted by molar-refractivity contribution is 5.79. The van der Waals surface area contributed by atoms with Gasteiger partial charge in [-0.05, 0) is 38.8 Å². The Morgan fingerprint density at radius 3 is 2.56 bits per heavy atom. The molecule has 0 radical (unpaired) electrons.